The van der Waals surface area contributed by atoms with Crippen molar-refractivity contribution in [1.82, 2.24) is 0 Å². The summed E-state index contributed by atoms with van der Waals surface area (Å²) in [5.41, 5.74) is 0. The molecular weight excluding hydrogens is 360 g/mol. The van der Waals surface area contributed by atoms with Crippen molar-refractivity contribution >= 4 is 17.4 Å². The summed E-state index contributed by atoms with van der Waals surface area (Å²) in [5.74, 6) is 0. The minimum absolute atomic E-state index is 0. The fourth-order valence-corrected chi connectivity index (χ4v) is 0. The third-order valence-corrected chi connectivity index (χ3v) is 0. The minimum Gasteiger partial charge on any atom is 0 e. The Morgan fingerprint density at radius 2 is 1.00 bits per heavy atom. The Morgan fingerprint density at radius 3 is 1.00 bits per heavy atom. The van der Waals surface area contributed by atoms with E-state index < -0.39 is 0 Å². The quantitative estimate of drug-likeness (QED) is 0.475. The first-order valence-corrected chi connectivity index (χ1v) is 0. The van der Waals surface area contributed by atoms with E-state index >= 15 is 0 Å². The summed E-state index contributed by atoms with van der Waals surface area (Å²) in [6.45, 7) is 0. The minimum atomic E-state index is 0. The Balaban J connectivity index is 0. The first-order chi connectivity index (χ1) is 0. The van der Waals surface area contributed by atoms with E-state index in [9.17, 15) is 0 Å². The van der Waals surface area contributed by atoms with Gasteiger partial charge in [-0.05, 0) is 0 Å². The maximum Gasteiger partial charge on any atom is 0.187 e. The molecule has 0 heterocycles. The Kier molecular flexibility index (Phi) is 406. The van der Waals surface area contributed by atoms with E-state index in [4.69, 9.17) is 0 Å². The number of hydrogen-bond acceptors (Lipinski definition) is 0. The van der Waals surface area contributed by atoms with Gasteiger partial charge in [-0.2, -0.15) is 0 Å². The molecule has 0 fully saturated rings. The average molecular weight is 363 g/mol. The molecule has 0 aliphatic rings. The molecule has 0 bridgehead atoms. The standard InChI is InChI=1S/Al.Co.Cu.Fe.Mo.Ni.3H. The van der Waals surface area contributed by atoms with Crippen LogP contribution in [0.2, 0.25) is 0 Å². The zero-order valence-corrected chi connectivity index (χ0v) is 7.79. The second-order valence-electron chi connectivity index (χ2n) is 0. The first-order valence-electron chi connectivity index (χ1n) is 0. The summed E-state index contributed by atoms with van der Waals surface area (Å²) >= 11 is 0. The Bertz CT molecular complexity index is 15.5. The molecule has 0 saturated heterocycles. The van der Waals surface area contributed by atoms with Crippen molar-refractivity contribution in [2.24, 2.45) is 0 Å². The van der Waals surface area contributed by atoms with Crippen LogP contribution in [0.1, 0.15) is 0 Å². The van der Waals surface area contributed by atoms with E-state index in [0.717, 1.165) is 0 Å². The summed E-state index contributed by atoms with van der Waals surface area (Å²) < 4.78 is 0. The maximum absolute atomic E-state index is 0. The Hall–Kier alpha value is 3.26. The van der Waals surface area contributed by atoms with Gasteiger partial charge in [-0.25, -0.2) is 0 Å². The normalized spacial score (nSPS) is 0. The molecular formula is H3AlCoCuFeMoNi. The molecule has 2 radical (unpaired) electrons. The van der Waals surface area contributed by atoms with Crippen molar-refractivity contribution in [2.75, 3.05) is 0 Å². The summed E-state index contributed by atoms with van der Waals surface area (Å²) in [6, 6.07) is 0. The molecule has 0 rings (SSSR count). The van der Waals surface area contributed by atoms with E-state index in [1.807, 2.05) is 0 Å². The zero-order valence-electron chi connectivity index (χ0n) is 1.71. The molecule has 0 saturated carbocycles. The summed E-state index contributed by atoms with van der Waals surface area (Å²) in [5, 5.41) is 0. The third-order valence-electron chi connectivity index (χ3n) is 0. The van der Waals surface area contributed by atoms with Gasteiger partial charge in [0.1, 0.15) is 0 Å². The first kappa shape index (κ1) is 59.5. The van der Waals surface area contributed by atoms with E-state index in [1.165, 1.54) is 0 Å². The van der Waals surface area contributed by atoms with Crippen LogP contribution in [-0.2, 0) is 88.5 Å². The average Bonchev–Trinajstić information content (AvgIpc) is 0. The maximum atomic E-state index is 0. The van der Waals surface area contributed by atoms with Crippen molar-refractivity contribution in [3.05, 3.63) is 0 Å². The molecule has 0 amide bonds. The van der Waals surface area contributed by atoms with Crippen LogP contribution in [0, 0.1) is 0 Å². The van der Waals surface area contributed by atoms with Gasteiger partial charge < -0.3 is 0 Å². The van der Waals surface area contributed by atoms with E-state index in [1.54, 1.807) is 0 Å². The summed E-state index contributed by atoms with van der Waals surface area (Å²) in [4.78, 5) is 0. The van der Waals surface area contributed by atoms with Crippen LogP contribution in [0.4, 0.5) is 0 Å². The SMILES string of the molecule is [AlH3].[Co].[Cu].[Fe].[Mo].[Ni]. The predicted octanol–water partition coefficient (Wildman–Crippen LogP) is -1.20. The van der Waals surface area contributed by atoms with Gasteiger partial charge in [0.25, 0.3) is 0 Å². The van der Waals surface area contributed by atoms with Crippen LogP contribution in [0.25, 0.3) is 0 Å². The number of hydrogen-bond donors (Lipinski definition) is 0. The molecule has 0 nitrogen and oxygen atoms in total. The molecule has 50 valence electrons. The predicted molar refractivity (Wildman–Crippen MR) is 9.94 cm³/mol. The molecule has 0 aliphatic carbocycles. The van der Waals surface area contributed by atoms with Gasteiger partial charge in [0, 0.05) is 88.5 Å². The summed E-state index contributed by atoms with van der Waals surface area (Å²) in [7, 11) is 0. The monoisotopic (exact) mass is 364 g/mol. The van der Waals surface area contributed by atoms with Crippen LogP contribution < -0.4 is 0 Å². The van der Waals surface area contributed by atoms with Crippen molar-refractivity contribution < 1.29 is 88.5 Å². The third kappa shape index (κ3) is 26.8. The van der Waals surface area contributed by atoms with Gasteiger partial charge in [-0.3, -0.25) is 0 Å². The van der Waals surface area contributed by atoms with Gasteiger partial charge in [-0.1, -0.05) is 0 Å². The van der Waals surface area contributed by atoms with Gasteiger partial charge in [0.2, 0.25) is 0 Å². The molecule has 0 aromatic carbocycles. The Labute approximate surface area is 104 Å². The van der Waals surface area contributed by atoms with Crippen molar-refractivity contribution in [1.29, 1.82) is 0 Å². The molecule has 0 aromatic rings. The van der Waals surface area contributed by atoms with Crippen LogP contribution in [-0.4, -0.2) is 17.4 Å². The van der Waals surface area contributed by atoms with Gasteiger partial charge >= 0.3 is 0 Å². The largest absolute Gasteiger partial charge is 0.187 e. The fraction of sp³-hybridized carbons (Fsp3) is 0. The van der Waals surface area contributed by atoms with Gasteiger partial charge in [0.05, 0.1) is 0 Å². The van der Waals surface area contributed by atoms with Gasteiger partial charge in [-0.15, -0.1) is 0 Å². The second kappa shape index (κ2) is 41.0. The van der Waals surface area contributed by atoms with Crippen molar-refractivity contribution in [2.45, 2.75) is 0 Å². The molecule has 6 heavy (non-hydrogen) atoms. The number of rotatable bonds is 0. The topological polar surface area (TPSA) is 0 Å². The molecule has 0 atom stereocenters. The summed E-state index contributed by atoms with van der Waals surface area (Å²) in [6.07, 6.45) is 0. The molecule has 0 aromatic heterocycles. The van der Waals surface area contributed by atoms with Gasteiger partial charge in [0.15, 0.2) is 17.4 Å². The van der Waals surface area contributed by atoms with Crippen LogP contribution in [0.15, 0.2) is 0 Å². The smallest absolute Gasteiger partial charge is 0 e. The molecule has 6 heteroatoms. The van der Waals surface area contributed by atoms with E-state index in [-0.39, 0.29) is 106 Å². The van der Waals surface area contributed by atoms with Crippen molar-refractivity contribution in [3.8, 4) is 0 Å². The molecule has 0 aliphatic heterocycles. The van der Waals surface area contributed by atoms with Crippen LogP contribution >= 0.6 is 0 Å². The van der Waals surface area contributed by atoms with Crippen LogP contribution in [0.3, 0.4) is 0 Å². The Morgan fingerprint density at radius 1 is 1.00 bits per heavy atom. The second-order valence-corrected chi connectivity index (χ2v) is 0. The molecule has 0 spiro atoms. The van der Waals surface area contributed by atoms with Crippen LogP contribution in [0.5, 0.6) is 0 Å². The molecule has 0 N–H and O–H groups in total. The van der Waals surface area contributed by atoms with E-state index in [0.29, 0.717) is 0 Å². The fourth-order valence-electron chi connectivity index (χ4n) is 0. The van der Waals surface area contributed by atoms with E-state index in [2.05, 4.69) is 0 Å². The van der Waals surface area contributed by atoms with Crippen molar-refractivity contribution in [3.63, 3.8) is 0 Å². The molecule has 0 unspecified atom stereocenters. The zero-order chi connectivity index (χ0) is 0.